The number of alkyl halides is 1. The Morgan fingerprint density at radius 2 is 1.78 bits per heavy atom. The molecule has 0 amide bonds. The molecule has 0 heterocycles. The van der Waals surface area contributed by atoms with Gasteiger partial charge in [0.2, 0.25) is 0 Å². The molecule has 182 valence electrons. The number of unbranched alkanes of at least 4 members (excludes halogenated alkanes) is 3. The molecule has 5 heteroatoms. The minimum atomic E-state index is -0.443. The van der Waals surface area contributed by atoms with Crippen molar-refractivity contribution in [3.05, 3.63) is 35.4 Å². The van der Waals surface area contributed by atoms with Gasteiger partial charge in [0.15, 0.2) is 0 Å². The quantitative estimate of drug-likeness (QED) is 0.209. The lowest BCUT2D eigenvalue weighted by Gasteiger charge is -2.24. The number of methoxy groups -OCH3 is 1. The molecule has 0 bridgehead atoms. The first-order valence-corrected chi connectivity index (χ1v) is 12.7. The van der Waals surface area contributed by atoms with Crippen LogP contribution in [0.4, 0.5) is 0 Å². The van der Waals surface area contributed by atoms with E-state index in [1.165, 1.54) is 7.11 Å². The van der Waals surface area contributed by atoms with Gasteiger partial charge in [0, 0.05) is 17.7 Å². The fraction of sp³-hybridized carbons (Fsp3) is 0.741. The Morgan fingerprint density at radius 3 is 2.41 bits per heavy atom. The molecule has 5 atom stereocenters. The maximum atomic E-state index is 11.2. The van der Waals surface area contributed by atoms with Crippen molar-refractivity contribution in [2.24, 2.45) is 11.3 Å². The van der Waals surface area contributed by atoms with E-state index in [0.717, 1.165) is 62.5 Å². The number of carbonyl (C=O) groups excluding carboxylic acids is 1. The zero-order chi connectivity index (χ0) is 23.7. The molecule has 0 spiro atoms. The molecule has 0 radical (unpaired) electrons. The van der Waals surface area contributed by atoms with Crippen LogP contribution in [0.5, 0.6) is 0 Å². The van der Waals surface area contributed by atoms with E-state index in [9.17, 15) is 15.0 Å². The van der Waals surface area contributed by atoms with Gasteiger partial charge in [0.1, 0.15) is 0 Å². The third-order valence-corrected chi connectivity index (χ3v) is 7.32. The number of ether oxygens (including phenoxy) is 1. The molecule has 1 aromatic rings. The zero-order valence-electron chi connectivity index (χ0n) is 20.4. The van der Waals surface area contributed by atoms with E-state index in [-0.39, 0.29) is 28.6 Å². The number of hydrogen-bond donors (Lipinski definition) is 2. The standard InChI is InChI=1S/C27H43ClO4/c1-27(2,3)17-9-11-23(29)19-13-15-20(16-14-19)26-21(22(28)18-24(26)30)10-7-5-6-8-12-25(31)32-4/h13-16,21-24,26,29-30H,5-12,17-18H2,1-4H3/t21-,22-,23?,24+,26+/m0/s1. The molecule has 1 aliphatic carbocycles. The fourth-order valence-electron chi connectivity index (χ4n) is 4.93. The number of carbonyl (C=O) groups is 1. The molecular formula is C27H43ClO4. The largest absolute Gasteiger partial charge is 0.469 e. The molecule has 2 rings (SSSR count). The fourth-order valence-corrected chi connectivity index (χ4v) is 5.40. The summed E-state index contributed by atoms with van der Waals surface area (Å²) in [6.07, 6.45) is 8.03. The van der Waals surface area contributed by atoms with Gasteiger partial charge in [0.05, 0.1) is 19.3 Å². The van der Waals surface area contributed by atoms with Crippen molar-refractivity contribution in [1.82, 2.24) is 0 Å². The maximum absolute atomic E-state index is 11.2. The molecule has 4 nitrogen and oxygen atoms in total. The number of aliphatic hydroxyl groups is 2. The van der Waals surface area contributed by atoms with Crippen molar-refractivity contribution in [1.29, 1.82) is 0 Å². The van der Waals surface area contributed by atoms with E-state index in [2.05, 4.69) is 37.6 Å². The Bertz CT molecular complexity index is 682. The molecule has 1 fully saturated rings. The highest BCUT2D eigenvalue weighted by molar-refractivity contribution is 6.21. The van der Waals surface area contributed by atoms with Gasteiger partial charge in [-0.3, -0.25) is 4.79 Å². The van der Waals surface area contributed by atoms with Crippen LogP contribution in [-0.4, -0.2) is 34.8 Å². The predicted molar refractivity (Wildman–Crippen MR) is 131 cm³/mol. The van der Waals surface area contributed by atoms with Crippen LogP contribution in [0.25, 0.3) is 0 Å². The van der Waals surface area contributed by atoms with Crippen molar-refractivity contribution in [2.45, 2.75) is 108 Å². The smallest absolute Gasteiger partial charge is 0.305 e. The van der Waals surface area contributed by atoms with Crippen LogP contribution in [0.2, 0.25) is 0 Å². The molecule has 0 aromatic heterocycles. The molecule has 1 saturated carbocycles. The van der Waals surface area contributed by atoms with E-state index in [1.807, 2.05) is 12.1 Å². The van der Waals surface area contributed by atoms with E-state index in [1.54, 1.807) is 0 Å². The predicted octanol–water partition coefficient (Wildman–Crippen LogP) is 6.52. The average molecular weight is 467 g/mol. The van der Waals surface area contributed by atoms with Gasteiger partial charge in [-0.25, -0.2) is 0 Å². The van der Waals surface area contributed by atoms with E-state index >= 15 is 0 Å². The lowest BCUT2D eigenvalue weighted by Crippen LogP contribution is -2.19. The van der Waals surface area contributed by atoms with Crippen LogP contribution in [0.1, 0.15) is 108 Å². The summed E-state index contributed by atoms with van der Waals surface area (Å²) < 4.78 is 4.68. The lowest BCUT2D eigenvalue weighted by molar-refractivity contribution is -0.140. The minimum Gasteiger partial charge on any atom is -0.469 e. The summed E-state index contributed by atoms with van der Waals surface area (Å²) in [5, 5.41) is 21.2. The van der Waals surface area contributed by atoms with Crippen molar-refractivity contribution >= 4 is 17.6 Å². The van der Waals surface area contributed by atoms with E-state index < -0.39 is 12.2 Å². The molecule has 1 unspecified atom stereocenters. The van der Waals surface area contributed by atoms with Crippen molar-refractivity contribution in [3.8, 4) is 0 Å². The number of halogens is 1. The number of benzene rings is 1. The highest BCUT2D eigenvalue weighted by Crippen LogP contribution is 2.45. The number of rotatable bonds is 12. The van der Waals surface area contributed by atoms with E-state index in [0.29, 0.717) is 12.8 Å². The van der Waals surface area contributed by atoms with Gasteiger partial charge in [-0.05, 0) is 54.6 Å². The summed E-state index contributed by atoms with van der Waals surface area (Å²) in [5.41, 5.74) is 2.35. The van der Waals surface area contributed by atoms with Crippen molar-refractivity contribution in [2.75, 3.05) is 7.11 Å². The summed E-state index contributed by atoms with van der Waals surface area (Å²) >= 11 is 6.63. The molecule has 0 saturated heterocycles. The third-order valence-electron chi connectivity index (χ3n) is 6.81. The monoisotopic (exact) mass is 466 g/mol. The van der Waals surface area contributed by atoms with Gasteiger partial charge in [-0.1, -0.05) is 70.7 Å². The molecular weight excluding hydrogens is 424 g/mol. The van der Waals surface area contributed by atoms with Gasteiger partial charge in [0.25, 0.3) is 0 Å². The summed E-state index contributed by atoms with van der Waals surface area (Å²) in [4.78, 5) is 11.2. The van der Waals surface area contributed by atoms with Crippen molar-refractivity contribution in [3.63, 3.8) is 0 Å². The Hall–Kier alpha value is -1.10. The number of esters is 1. The van der Waals surface area contributed by atoms with E-state index in [4.69, 9.17) is 11.6 Å². The minimum absolute atomic E-state index is 0.0206. The molecule has 1 aromatic carbocycles. The summed E-state index contributed by atoms with van der Waals surface area (Å²) in [7, 11) is 1.43. The lowest BCUT2D eigenvalue weighted by atomic mass is 9.83. The van der Waals surface area contributed by atoms with Gasteiger partial charge < -0.3 is 14.9 Å². The first kappa shape index (κ1) is 27.1. The second kappa shape index (κ2) is 13.0. The highest BCUT2D eigenvalue weighted by atomic mass is 35.5. The van der Waals surface area contributed by atoms with Crippen LogP contribution in [-0.2, 0) is 9.53 Å². The first-order chi connectivity index (χ1) is 15.1. The number of hydrogen-bond acceptors (Lipinski definition) is 4. The Balaban J connectivity index is 1.88. The summed E-state index contributed by atoms with van der Waals surface area (Å²) in [5.74, 6) is 0.141. The van der Waals surface area contributed by atoms with Crippen LogP contribution in [0.3, 0.4) is 0 Å². The van der Waals surface area contributed by atoms with Crippen LogP contribution in [0.15, 0.2) is 24.3 Å². The maximum Gasteiger partial charge on any atom is 0.305 e. The summed E-state index contributed by atoms with van der Waals surface area (Å²) in [6.45, 7) is 6.68. The Labute approximate surface area is 199 Å². The molecule has 2 N–H and O–H groups in total. The zero-order valence-corrected chi connectivity index (χ0v) is 21.1. The molecule has 1 aliphatic rings. The topological polar surface area (TPSA) is 66.8 Å². The van der Waals surface area contributed by atoms with Crippen LogP contribution < -0.4 is 0 Å². The van der Waals surface area contributed by atoms with Crippen LogP contribution >= 0.6 is 11.6 Å². The highest BCUT2D eigenvalue weighted by Gasteiger charge is 2.41. The first-order valence-electron chi connectivity index (χ1n) is 12.3. The van der Waals surface area contributed by atoms with Gasteiger partial charge in [-0.15, -0.1) is 11.6 Å². The van der Waals surface area contributed by atoms with Crippen LogP contribution in [0, 0.1) is 11.3 Å². The van der Waals surface area contributed by atoms with Crippen molar-refractivity contribution < 1.29 is 19.7 Å². The summed E-state index contributed by atoms with van der Waals surface area (Å²) in [6, 6.07) is 8.15. The average Bonchev–Trinajstić information content (AvgIpc) is 3.02. The number of aliphatic hydroxyl groups excluding tert-OH is 2. The Morgan fingerprint density at radius 1 is 1.12 bits per heavy atom. The normalized spacial score (nSPS) is 24.5. The van der Waals surface area contributed by atoms with Gasteiger partial charge in [-0.2, -0.15) is 0 Å². The van der Waals surface area contributed by atoms with Gasteiger partial charge >= 0.3 is 5.97 Å². The molecule has 0 aliphatic heterocycles. The second-order valence-corrected chi connectivity index (χ2v) is 11.2. The SMILES string of the molecule is COC(=O)CCCCCC[C@@H]1[C@@H](c2ccc(C(O)CCCC(C)(C)C)cc2)[C@H](O)C[C@@H]1Cl. The third kappa shape index (κ3) is 8.68. The Kier molecular flexibility index (Phi) is 11.0. The second-order valence-electron chi connectivity index (χ2n) is 10.7. The molecule has 32 heavy (non-hydrogen) atoms.